The smallest absolute Gasteiger partial charge is 0.224 e. The van der Waals surface area contributed by atoms with Crippen LogP contribution in [-0.4, -0.2) is 39.9 Å². The number of pyridine rings is 1. The lowest BCUT2D eigenvalue weighted by Crippen LogP contribution is -2.47. The normalized spacial score (nSPS) is 28.8. The third-order valence-electron chi connectivity index (χ3n) is 7.82. The van der Waals surface area contributed by atoms with Crippen LogP contribution >= 0.6 is 0 Å². The number of aromatic nitrogens is 1. The van der Waals surface area contributed by atoms with Crippen molar-refractivity contribution in [1.82, 2.24) is 15.2 Å². The molecule has 0 radical (unpaired) electrons. The van der Waals surface area contributed by atoms with Crippen molar-refractivity contribution in [2.45, 2.75) is 110 Å². The number of carbonyl (C=O) groups excluding carboxylic acids is 2. The van der Waals surface area contributed by atoms with Gasteiger partial charge in [0, 0.05) is 49.1 Å². The number of amides is 2. The Labute approximate surface area is 217 Å². The number of nitrogens with zero attached hydrogens (tertiary/aromatic N) is 2. The lowest BCUT2D eigenvalue weighted by atomic mass is 9.77. The molecule has 2 unspecified atom stereocenters. The first kappa shape index (κ1) is 26.5. The van der Waals surface area contributed by atoms with Crippen LogP contribution in [0.3, 0.4) is 0 Å². The SMILES string of the molecule is CC(C)(C)C#CC1CCCCC1C(=O)NC1CCC(C)(Oc2cc(CN3CCCC3=O)ccn2)CC1. The standard InChI is InChI=1S/C30H43N3O3/c1-29(2,3)15-11-23-8-5-6-9-25(23)28(35)32-24-12-16-30(4,17-13-24)36-26-20-22(14-18-31-26)21-33-19-7-10-27(33)34/h14,18,20,23-25H,5-10,12-13,16-17,19,21H2,1-4H3,(H,32,35). The Balaban J connectivity index is 1.29. The van der Waals surface area contributed by atoms with E-state index in [0.29, 0.717) is 18.8 Å². The van der Waals surface area contributed by atoms with Crippen molar-refractivity contribution in [3.05, 3.63) is 23.9 Å². The molecular formula is C30H43N3O3. The van der Waals surface area contributed by atoms with Gasteiger partial charge in [-0.1, -0.05) is 24.7 Å². The summed E-state index contributed by atoms with van der Waals surface area (Å²) in [6.07, 6.45) is 11.1. The second-order valence-corrected chi connectivity index (χ2v) is 12.3. The zero-order valence-electron chi connectivity index (χ0n) is 22.6. The molecule has 4 rings (SSSR count). The lowest BCUT2D eigenvalue weighted by molar-refractivity contribution is -0.129. The van der Waals surface area contributed by atoms with Crippen molar-refractivity contribution < 1.29 is 14.3 Å². The summed E-state index contributed by atoms with van der Waals surface area (Å²) in [5.74, 6) is 8.01. The first-order valence-electron chi connectivity index (χ1n) is 13.9. The second-order valence-electron chi connectivity index (χ2n) is 12.3. The Morgan fingerprint density at radius 1 is 1.19 bits per heavy atom. The van der Waals surface area contributed by atoms with Gasteiger partial charge < -0.3 is 15.0 Å². The maximum Gasteiger partial charge on any atom is 0.224 e. The number of ether oxygens (including phenoxy) is 1. The van der Waals surface area contributed by atoms with Crippen LogP contribution in [0, 0.1) is 29.1 Å². The third kappa shape index (κ3) is 7.24. The molecule has 3 aliphatic rings. The number of rotatable bonds is 6. The summed E-state index contributed by atoms with van der Waals surface area (Å²) in [6.45, 7) is 9.96. The van der Waals surface area contributed by atoms with Gasteiger partial charge in [0.1, 0.15) is 5.60 Å². The number of likely N-dealkylation sites (tertiary alicyclic amines) is 1. The maximum absolute atomic E-state index is 13.2. The molecule has 3 fully saturated rings. The minimum atomic E-state index is -0.304. The molecule has 2 atom stereocenters. The van der Waals surface area contributed by atoms with E-state index in [-0.39, 0.29) is 40.7 Å². The molecule has 196 valence electrons. The topological polar surface area (TPSA) is 71.5 Å². The molecule has 2 aliphatic carbocycles. The van der Waals surface area contributed by atoms with Crippen LogP contribution in [0.2, 0.25) is 0 Å². The van der Waals surface area contributed by atoms with E-state index in [0.717, 1.165) is 69.9 Å². The fourth-order valence-electron chi connectivity index (χ4n) is 5.66. The van der Waals surface area contributed by atoms with Gasteiger partial charge in [-0.15, -0.1) is 0 Å². The van der Waals surface area contributed by atoms with Crippen LogP contribution in [0.15, 0.2) is 18.3 Å². The summed E-state index contributed by atoms with van der Waals surface area (Å²) >= 11 is 0. The van der Waals surface area contributed by atoms with Gasteiger partial charge >= 0.3 is 0 Å². The number of nitrogens with one attached hydrogen (secondary N) is 1. The fourth-order valence-corrected chi connectivity index (χ4v) is 5.66. The Morgan fingerprint density at radius 2 is 1.94 bits per heavy atom. The molecule has 6 heteroatoms. The minimum absolute atomic E-state index is 0.00703. The number of hydrogen-bond donors (Lipinski definition) is 1. The molecule has 6 nitrogen and oxygen atoms in total. The van der Waals surface area contributed by atoms with Crippen molar-refractivity contribution >= 4 is 11.8 Å². The third-order valence-corrected chi connectivity index (χ3v) is 7.82. The van der Waals surface area contributed by atoms with E-state index in [1.807, 2.05) is 17.0 Å². The van der Waals surface area contributed by atoms with Gasteiger partial charge in [0.15, 0.2) is 0 Å². The summed E-state index contributed by atoms with van der Waals surface area (Å²) in [7, 11) is 0. The van der Waals surface area contributed by atoms with Crippen LogP contribution in [0.1, 0.15) is 97.5 Å². The summed E-state index contributed by atoms with van der Waals surface area (Å²) in [5.41, 5.74) is 0.713. The highest BCUT2D eigenvalue weighted by Gasteiger charge is 2.36. The van der Waals surface area contributed by atoms with Crippen LogP contribution in [-0.2, 0) is 16.1 Å². The van der Waals surface area contributed by atoms with E-state index in [4.69, 9.17) is 4.74 Å². The molecule has 1 saturated heterocycles. The summed E-state index contributed by atoms with van der Waals surface area (Å²) in [6, 6.07) is 4.11. The average molecular weight is 494 g/mol. The van der Waals surface area contributed by atoms with Crippen molar-refractivity contribution in [3.63, 3.8) is 0 Å². The van der Waals surface area contributed by atoms with E-state index in [1.54, 1.807) is 6.20 Å². The molecule has 2 amide bonds. The van der Waals surface area contributed by atoms with Crippen LogP contribution < -0.4 is 10.1 Å². The van der Waals surface area contributed by atoms with E-state index in [2.05, 4.69) is 49.8 Å². The summed E-state index contributed by atoms with van der Waals surface area (Å²) < 4.78 is 6.38. The Kier molecular flexibility index (Phi) is 8.27. The zero-order chi connectivity index (χ0) is 25.8. The predicted molar refractivity (Wildman–Crippen MR) is 141 cm³/mol. The molecule has 0 bridgehead atoms. The highest BCUT2D eigenvalue weighted by atomic mass is 16.5. The Morgan fingerprint density at radius 3 is 2.64 bits per heavy atom. The molecule has 36 heavy (non-hydrogen) atoms. The van der Waals surface area contributed by atoms with Crippen LogP contribution in [0.4, 0.5) is 0 Å². The van der Waals surface area contributed by atoms with Crippen molar-refractivity contribution in [3.8, 4) is 17.7 Å². The molecule has 2 heterocycles. The van der Waals surface area contributed by atoms with Gasteiger partial charge in [-0.25, -0.2) is 4.98 Å². The van der Waals surface area contributed by atoms with E-state index < -0.39 is 0 Å². The molecule has 1 aromatic heterocycles. The quantitative estimate of drug-likeness (QED) is 0.549. The van der Waals surface area contributed by atoms with E-state index >= 15 is 0 Å². The van der Waals surface area contributed by atoms with Crippen LogP contribution in [0.5, 0.6) is 5.88 Å². The van der Waals surface area contributed by atoms with Gasteiger partial charge in [0.25, 0.3) is 0 Å². The van der Waals surface area contributed by atoms with Gasteiger partial charge in [-0.2, -0.15) is 0 Å². The van der Waals surface area contributed by atoms with Gasteiger partial charge in [0.2, 0.25) is 17.7 Å². The van der Waals surface area contributed by atoms with Crippen molar-refractivity contribution in [2.75, 3.05) is 6.54 Å². The highest BCUT2D eigenvalue weighted by molar-refractivity contribution is 5.80. The Bertz CT molecular complexity index is 995. The summed E-state index contributed by atoms with van der Waals surface area (Å²) in [5, 5.41) is 3.36. The van der Waals surface area contributed by atoms with Gasteiger partial charge in [-0.05, 0) is 84.3 Å². The number of carbonyl (C=O) groups is 2. The molecule has 1 N–H and O–H groups in total. The molecular weight excluding hydrogens is 450 g/mol. The molecule has 1 aliphatic heterocycles. The predicted octanol–water partition coefficient (Wildman–Crippen LogP) is 5.26. The minimum Gasteiger partial charge on any atom is -0.471 e. The van der Waals surface area contributed by atoms with E-state index in [9.17, 15) is 9.59 Å². The Hall–Kier alpha value is -2.55. The summed E-state index contributed by atoms with van der Waals surface area (Å²) in [4.78, 5) is 31.5. The zero-order valence-corrected chi connectivity index (χ0v) is 22.6. The van der Waals surface area contributed by atoms with Gasteiger partial charge in [0.05, 0.1) is 5.92 Å². The second kappa shape index (κ2) is 11.2. The number of hydrogen-bond acceptors (Lipinski definition) is 4. The average Bonchev–Trinajstić information content (AvgIpc) is 3.23. The highest BCUT2D eigenvalue weighted by Crippen LogP contribution is 2.34. The first-order valence-corrected chi connectivity index (χ1v) is 13.9. The monoisotopic (exact) mass is 493 g/mol. The van der Waals surface area contributed by atoms with E-state index in [1.165, 1.54) is 0 Å². The van der Waals surface area contributed by atoms with Crippen molar-refractivity contribution in [1.29, 1.82) is 0 Å². The van der Waals surface area contributed by atoms with Crippen LogP contribution in [0.25, 0.3) is 0 Å². The largest absolute Gasteiger partial charge is 0.471 e. The molecule has 0 aromatic carbocycles. The molecule has 2 saturated carbocycles. The molecule has 0 spiro atoms. The lowest BCUT2D eigenvalue weighted by Gasteiger charge is -2.38. The van der Waals surface area contributed by atoms with Gasteiger partial charge in [-0.3, -0.25) is 9.59 Å². The fraction of sp³-hybridized carbons (Fsp3) is 0.700. The maximum atomic E-state index is 13.2. The van der Waals surface area contributed by atoms with Crippen molar-refractivity contribution in [2.24, 2.45) is 17.3 Å². The molecule has 1 aromatic rings. The first-order chi connectivity index (χ1) is 17.1.